The number of hydrogen-bond acceptors (Lipinski definition) is 5. The smallest absolute Gasteiger partial charge is 0.405 e. The van der Waals surface area contributed by atoms with Crippen LogP contribution in [0.5, 0.6) is 0 Å². The summed E-state index contributed by atoms with van der Waals surface area (Å²) in [6.07, 6.45) is 3.40. The molecule has 4 aromatic rings. The van der Waals surface area contributed by atoms with E-state index in [9.17, 15) is 14.7 Å². The fourth-order valence-electron chi connectivity index (χ4n) is 4.75. The second kappa shape index (κ2) is 8.68. The number of aromatic nitrogens is 2. The molecule has 1 aliphatic rings. The first-order valence-electron chi connectivity index (χ1n) is 11.3. The number of carbonyl (C=O) groups is 1. The van der Waals surface area contributed by atoms with E-state index >= 15 is 0 Å². The number of thioether (sulfide) groups is 1. The van der Waals surface area contributed by atoms with Crippen LogP contribution in [0.15, 0.2) is 69.0 Å². The summed E-state index contributed by atoms with van der Waals surface area (Å²) in [5, 5.41) is 13.1. The van der Waals surface area contributed by atoms with Gasteiger partial charge in [0.05, 0.1) is 5.54 Å². The van der Waals surface area contributed by atoms with Crippen LogP contribution in [0.3, 0.4) is 0 Å². The standard InChI is InChI=1S/C26H25N3O4S/c1-3-29-23(30)20-19(16-8-5-4-6-9-16)21(33-22(20)27-24(29)34-2)17-10-12-18(13-11-17)26(14-7-15-26)28-25(31)32/h4-6,8-13,28H,3,7,14-15H2,1-2H3,(H,31,32). The number of carboxylic acid groups (broad SMARTS) is 1. The van der Waals surface area contributed by atoms with E-state index in [1.54, 1.807) is 4.57 Å². The highest BCUT2D eigenvalue weighted by Gasteiger charge is 2.40. The lowest BCUT2D eigenvalue weighted by Crippen LogP contribution is -2.50. The minimum atomic E-state index is -1.02. The van der Waals surface area contributed by atoms with E-state index in [1.165, 1.54) is 11.8 Å². The van der Waals surface area contributed by atoms with E-state index in [-0.39, 0.29) is 5.56 Å². The van der Waals surface area contributed by atoms with Crippen LogP contribution in [0.2, 0.25) is 0 Å². The number of fused-ring (bicyclic) bond motifs is 1. The number of rotatable bonds is 6. The number of benzene rings is 2. The molecule has 0 bridgehead atoms. The molecular weight excluding hydrogens is 450 g/mol. The third-order valence-electron chi connectivity index (χ3n) is 6.59. The summed E-state index contributed by atoms with van der Waals surface area (Å²) in [4.78, 5) is 29.5. The van der Waals surface area contributed by atoms with Crippen molar-refractivity contribution in [2.75, 3.05) is 6.26 Å². The minimum absolute atomic E-state index is 0.124. The molecule has 5 rings (SSSR count). The first-order chi connectivity index (χ1) is 16.5. The molecule has 2 heterocycles. The third-order valence-corrected chi connectivity index (χ3v) is 7.27. The van der Waals surface area contributed by atoms with Gasteiger partial charge in [-0.2, -0.15) is 4.98 Å². The van der Waals surface area contributed by atoms with Crippen molar-refractivity contribution in [3.05, 3.63) is 70.5 Å². The van der Waals surface area contributed by atoms with Gasteiger partial charge in [0.15, 0.2) is 5.16 Å². The van der Waals surface area contributed by atoms with Gasteiger partial charge < -0.3 is 14.8 Å². The summed E-state index contributed by atoms with van der Waals surface area (Å²) in [7, 11) is 0. The van der Waals surface area contributed by atoms with Gasteiger partial charge in [0.2, 0.25) is 5.71 Å². The van der Waals surface area contributed by atoms with Crippen LogP contribution in [0.4, 0.5) is 4.79 Å². The maximum absolute atomic E-state index is 13.5. The Balaban J connectivity index is 1.70. The second-order valence-electron chi connectivity index (χ2n) is 8.44. The number of hydrogen-bond donors (Lipinski definition) is 2. The highest BCUT2D eigenvalue weighted by molar-refractivity contribution is 7.98. The zero-order chi connectivity index (χ0) is 23.9. The van der Waals surface area contributed by atoms with Crippen molar-refractivity contribution in [3.63, 3.8) is 0 Å². The van der Waals surface area contributed by atoms with Crippen molar-refractivity contribution in [2.45, 2.75) is 43.4 Å². The first-order valence-corrected chi connectivity index (χ1v) is 12.5. The molecular formula is C26H25N3O4S. The van der Waals surface area contributed by atoms with E-state index in [0.29, 0.717) is 28.6 Å². The fraction of sp³-hybridized carbons (Fsp3) is 0.269. The van der Waals surface area contributed by atoms with Crippen LogP contribution >= 0.6 is 11.8 Å². The van der Waals surface area contributed by atoms with E-state index in [4.69, 9.17) is 4.42 Å². The van der Waals surface area contributed by atoms with Crippen LogP contribution in [0.25, 0.3) is 33.6 Å². The topological polar surface area (TPSA) is 97.4 Å². The predicted molar refractivity (Wildman–Crippen MR) is 133 cm³/mol. The molecule has 1 fully saturated rings. The zero-order valence-corrected chi connectivity index (χ0v) is 19.8. The predicted octanol–water partition coefficient (Wildman–Crippen LogP) is 5.71. The molecule has 1 saturated carbocycles. The summed E-state index contributed by atoms with van der Waals surface area (Å²) in [6.45, 7) is 2.44. The largest absolute Gasteiger partial charge is 0.465 e. The van der Waals surface area contributed by atoms with Gasteiger partial charge >= 0.3 is 6.09 Å². The molecule has 0 spiro atoms. The molecule has 2 aromatic heterocycles. The van der Waals surface area contributed by atoms with Crippen molar-refractivity contribution in [3.8, 4) is 22.5 Å². The van der Waals surface area contributed by atoms with Crippen molar-refractivity contribution in [1.29, 1.82) is 0 Å². The summed E-state index contributed by atoms with van der Waals surface area (Å²) < 4.78 is 7.91. The van der Waals surface area contributed by atoms with Crippen molar-refractivity contribution in [2.24, 2.45) is 0 Å². The molecule has 0 atom stereocenters. The molecule has 0 radical (unpaired) electrons. The third kappa shape index (κ3) is 3.58. The van der Waals surface area contributed by atoms with Gasteiger partial charge in [-0.3, -0.25) is 9.36 Å². The zero-order valence-electron chi connectivity index (χ0n) is 19.0. The van der Waals surface area contributed by atoms with Crippen LogP contribution in [-0.2, 0) is 12.1 Å². The molecule has 174 valence electrons. The minimum Gasteiger partial charge on any atom is -0.465 e. The molecule has 1 aliphatic carbocycles. The average molecular weight is 476 g/mol. The highest BCUT2D eigenvalue weighted by atomic mass is 32.2. The fourth-order valence-corrected chi connectivity index (χ4v) is 5.35. The van der Waals surface area contributed by atoms with Crippen LogP contribution in [0, 0.1) is 0 Å². The lowest BCUT2D eigenvalue weighted by atomic mass is 9.72. The van der Waals surface area contributed by atoms with Gasteiger partial charge in [0.25, 0.3) is 5.56 Å². The lowest BCUT2D eigenvalue weighted by Gasteiger charge is -2.42. The Morgan fingerprint density at radius 3 is 2.41 bits per heavy atom. The molecule has 2 N–H and O–H groups in total. The second-order valence-corrected chi connectivity index (χ2v) is 9.22. The van der Waals surface area contributed by atoms with E-state index < -0.39 is 11.6 Å². The molecule has 0 aliphatic heterocycles. The van der Waals surface area contributed by atoms with Gasteiger partial charge in [-0.15, -0.1) is 0 Å². The van der Waals surface area contributed by atoms with Gasteiger partial charge in [-0.05, 0) is 43.6 Å². The Bertz CT molecular complexity index is 1420. The Morgan fingerprint density at radius 1 is 1.15 bits per heavy atom. The molecule has 2 aromatic carbocycles. The molecule has 8 heteroatoms. The normalized spacial score (nSPS) is 14.6. The van der Waals surface area contributed by atoms with E-state index in [1.807, 2.05) is 67.8 Å². The number of nitrogens with one attached hydrogen (secondary N) is 1. The highest BCUT2D eigenvalue weighted by Crippen LogP contribution is 2.43. The molecule has 7 nitrogen and oxygen atoms in total. The Hall–Kier alpha value is -3.52. The SMILES string of the molecule is CCn1c(SC)nc2oc(-c3ccc(C4(NC(=O)O)CCC4)cc3)c(-c3ccccc3)c2c1=O. The Kier molecular flexibility index (Phi) is 5.69. The summed E-state index contributed by atoms with van der Waals surface area (Å²) >= 11 is 1.41. The van der Waals surface area contributed by atoms with Gasteiger partial charge in [0.1, 0.15) is 11.1 Å². The average Bonchev–Trinajstić information content (AvgIpc) is 3.21. The van der Waals surface area contributed by atoms with E-state index in [2.05, 4.69) is 10.3 Å². The number of nitrogens with zero attached hydrogens (tertiary/aromatic N) is 2. The van der Waals surface area contributed by atoms with Gasteiger partial charge in [-0.25, -0.2) is 4.79 Å². The first kappa shape index (κ1) is 22.3. The Labute approximate surface area is 200 Å². The monoisotopic (exact) mass is 475 g/mol. The summed E-state index contributed by atoms with van der Waals surface area (Å²) in [5.74, 6) is 0.576. The van der Waals surface area contributed by atoms with Crippen LogP contribution < -0.4 is 10.9 Å². The molecule has 0 unspecified atom stereocenters. The maximum Gasteiger partial charge on any atom is 0.405 e. The van der Waals surface area contributed by atoms with Crippen LogP contribution in [-0.4, -0.2) is 27.0 Å². The van der Waals surface area contributed by atoms with Gasteiger partial charge in [-0.1, -0.05) is 66.4 Å². The summed E-state index contributed by atoms with van der Waals surface area (Å²) in [5.41, 5.74) is 2.99. The molecule has 34 heavy (non-hydrogen) atoms. The molecule has 0 saturated heterocycles. The Morgan fingerprint density at radius 2 is 1.85 bits per heavy atom. The van der Waals surface area contributed by atoms with Crippen molar-refractivity contribution < 1.29 is 14.3 Å². The van der Waals surface area contributed by atoms with E-state index in [0.717, 1.165) is 41.5 Å². The van der Waals surface area contributed by atoms with Crippen molar-refractivity contribution >= 4 is 29.0 Å². The van der Waals surface area contributed by atoms with Gasteiger partial charge in [0, 0.05) is 17.7 Å². The summed E-state index contributed by atoms with van der Waals surface area (Å²) in [6, 6.07) is 17.5. The maximum atomic E-state index is 13.5. The lowest BCUT2D eigenvalue weighted by molar-refractivity contribution is 0.144. The quantitative estimate of drug-likeness (QED) is 0.274. The van der Waals surface area contributed by atoms with Crippen LogP contribution in [0.1, 0.15) is 31.7 Å². The number of amides is 1. The molecule has 1 amide bonds. The van der Waals surface area contributed by atoms with Crippen molar-refractivity contribution in [1.82, 2.24) is 14.9 Å². The number of furan rings is 1.